The highest BCUT2D eigenvalue weighted by Gasteiger charge is 2.07. The molecule has 0 radical (unpaired) electrons. The molecule has 0 saturated carbocycles. The number of anilines is 1. The molecule has 0 spiro atoms. The maximum atomic E-state index is 11.9. The number of hydrogen-bond acceptors (Lipinski definition) is 5. The number of carbonyl (C=O) groups is 2. The first-order valence-corrected chi connectivity index (χ1v) is 7.75. The standard InChI is InChI=1S/C18H20N4O3/c1-13-6-3-4-8-16(13)25-12-18(24)22-21-14(2)10-17(23)20-15-7-5-9-19-11-15/h3-9,11H,10,12H2,1-2H3,(H,20,23)(H,22,24)/b21-14-. The van der Waals surface area contributed by atoms with Crippen molar-refractivity contribution in [3.05, 3.63) is 54.4 Å². The monoisotopic (exact) mass is 340 g/mol. The Morgan fingerprint density at radius 3 is 2.68 bits per heavy atom. The van der Waals surface area contributed by atoms with E-state index in [0.717, 1.165) is 5.56 Å². The second kappa shape index (κ2) is 9.17. The summed E-state index contributed by atoms with van der Waals surface area (Å²) in [5, 5.41) is 6.59. The Bertz CT molecular complexity index is 760. The summed E-state index contributed by atoms with van der Waals surface area (Å²) in [7, 11) is 0. The van der Waals surface area contributed by atoms with Crippen LogP contribution >= 0.6 is 0 Å². The van der Waals surface area contributed by atoms with E-state index >= 15 is 0 Å². The number of ether oxygens (including phenoxy) is 1. The van der Waals surface area contributed by atoms with Gasteiger partial charge in [-0.2, -0.15) is 5.10 Å². The SMILES string of the molecule is C/C(CC(=O)Nc1cccnc1)=N/NC(=O)COc1ccccc1C. The van der Waals surface area contributed by atoms with Gasteiger partial charge in [-0.1, -0.05) is 18.2 Å². The number of pyridine rings is 1. The van der Waals surface area contributed by atoms with Crippen LogP contribution in [0.25, 0.3) is 0 Å². The third-order valence-corrected chi connectivity index (χ3v) is 3.19. The summed E-state index contributed by atoms with van der Waals surface area (Å²) in [5.41, 5.74) is 4.40. The van der Waals surface area contributed by atoms with Crippen molar-refractivity contribution >= 4 is 23.2 Å². The lowest BCUT2D eigenvalue weighted by Gasteiger charge is -2.08. The second-order valence-corrected chi connectivity index (χ2v) is 5.40. The van der Waals surface area contributed by atoms with Gasteiger partial charge in [0.05, 0.1) is 18.3 Å². The van der Waals surface area contributed by atoms with Gasteiger partial charge in [0.2, 0.25) is 5.91 Å². The van der Waals surface area contributed by atoms with E-state index in [9.17, 15) is 9.59 Å². The largest absolute Gasteiger partial charge is 0.483 e. The van der Waals surface area contributed by atoms with Crippen molar-refractivity contribution in [3.63, 3.8) is 0 Å². The number of nitrogens with one attached hydrogen (secondary N) is 2. The number of nitrogens with zero attached hydrogens (tertiary/aromatic N) is 2. The Balaban J connectivity index is 1.75. The van der Waals surface area contributed by atoms with Gasteiger partial charge >= 0.3 is 0 Å². The fourth-order valence-corrected chi connectivity index (χ4v) is 1.97. The highest BCUT2D eigenvalue weighted by Crippen LogP contribution is 2.15. The van der Waals surface area contributed by atoms with Crippen LogP contribution in [-0.2, 0) is 9.59 Å². The van der Waals surface area contributed by atoms with E-state index < -0.39 is 5.91 Å². The molecular weight excluding hydrogens is 320 g/mol. The molecule has 0 aliphatic rings. The summed E-state index contributed by atoms with van der Waals surface area (Å²) < 4.78 is 5.42. The predicted octanol–water partition coefficient (Wildman–Crippen LogP) is 2.29. The lowest BCUT2D eigenvalue weighted by Crippen LogP contribution is -2.26. The van der Waals surface area contributed by atoms with Crippen molar-refractivity contribution in [3.8, 4) is 5.75 Å². The van der Waals surface area contributed by atoms with Crippen molar-refractivity contribution in [1.29, 1.82) is 0 Å². The average Bonchev–Trinajstić information content (AvgIpc) is 2.60. The van der Waals surface area contributed by atoms with Gasteiger partial charge in [-0.25, -0.2) is 5.43 Å². The van der Waals surface area contributed by atoms with E-state index in [-0.39, 0.29) is 18.9 Å². The molecule has 2 rings (SSSR count). The maximum Gasteiger partial charge on any atom is 0.277 e. The molecule has 7 heteroatoms. The number of hydrazone groups is 1. The minimum absolute atomic E-state index is 0.0633. The van der Waals surface area contributed by atoms with E-state index in [1.54, 1.807) is 37.5 Å². The fourth-order valence-electron chi connectivity index (χ4n) is 1.97. The normalized spacial score (nSPS) is 10.9. The van der Waals surface area contributed by atoms with Gasteiger partial charge in [0.25, 0.3) is 5.91 Å². The molecule has 130 valence electrons. The minimum Gasteiger partial charge on any atom is -0.483 e. The molecule has 1 aromatic carbocycles. The molecule has 2 amide bonds. The van der Waals surface area contributed by atoms with Crippen molar-refractivity contribution in [2.24, 2.45) is 5.10 Å². The topological polar surface area (TPSA) is 92.7 Å². The zero-order chi connectivity index (χ0) is 18.1. The first-order chi connectivity index (χ1) is 12.0. The van der Waals surface area contributed by atoms with E-state index in [2.05, 4.69) is 20.8 Å². The van der Waals surface area contributed by atoms with Gasteiger partial charge in [-0.15, -0.1) is 0 Å². The highest BCUT2D eigenvalue weighted by molar-refractivity contribution is 6.05. The summed E-state index contributed by atoms with van der Waals surface area (Å²) in [5.74, 6) is 0.0177. The number of carbonyl (C=O) groups excluding carboxylic acids is 2. The lowest BCUT2D eigenvalue weighted by molar-refractivity contribution is -0.123. The van der Waals surface area contributed by atoms with Gasteiger partial charge in [-0.3, -0.25) is 14.6 Å². The molecule has 0 fully saturated rings. The Morgan fingerprint density at radius 1 is 1.16 bits per heavy atom. The van der Waals surface area contributed by atoms with Crippen LogP contribution in [0.4, 0.5) is 5.69 Å². The summed E-state index contributed by atoms with van der Waals surface area (Å²) >= 11 is 0. The van der Waals surface area contributed by atoms with Gasteiger partial charge in [0.15, 0.2) is 6.61 Å². The van der Waals surface area contributed by atoms with Gasteiger partial charge in [0, 0.05) is 11.9 Å². The van der Waals surface area contributed by atoms with Crippen LogP contribution in [0, 0.1) is 6.92 Å². The summed E-state index contributed by atoms with van der Waals surface area (Å²) in [6.07, 6.45) is 3.24. The smallest absolute Gasteiger partial charge is 0.277 e. The zero-order valence-electron chi connectivity index (χ0n) is 14.2. The minimum atomic E-state index is -0.393. The molecule has 2 N–H and O–H groups in total. The van der Waals surface area contributed by atoms with Gasteiger partial charge < -0.3 is 10.1 Å². The quantitative estimate of drug-likeness (QED) is 0.597. The van der Waals surface area contributed by atoms with E-state index in [0.29, 0.717) is 17.1 Å². The molecule has 0 saturated heterocycles. The lowest BCUT2D eigenvalue weighted by atomic mass is 10.2. The second-order valence-electron chi connectivity index (χ2n) is 5.40. The third kappa shape index (κ3) is 6.42. The first kappa shape index (κ1) is 18.1. The highest BCUT2D eigenvalue weighted by atomic mass is 16.5. The molecule has 1 heterocycles. The molecule has 0 bridgehead atoms. The Labute approximate surface area is 146 Å². The number of benzene rings is 1. The molecule has 7 nitrogen and oxygen atoms in total. The summed E-state index contributed by atoms with van der Waals surface area (Å²) in [6, 6.07) is 10.9. The number of rotatable bonds is 7. The summed E-state index contributed by atoms with van der Waals surface area (Å²) in [6.45, 7) is 3.41. The van der Waals surface area contributed by atoms with Crippen molar-refractivity contribution in [2.45, 2.75) is 20.3 Å². The van der Waals surface area contributed by atoms with Gasteiger partial charge in [0.1, 0.15) is 5.75 Å². The molecule has 0 aliphatic carbocycles. The Kier molecular flexibility index (Phi) is 6.65. The molecule has 0 unspecified atom stereocenters. The molecular formula is C18H20N4O3. The van der Waals surface area contributed by atoms with Crippen LogP contribution in [0.15, 0.2) is 53.9 Å². The van der Waals surface area contributed by atoms with Crippen molar-refractivity contribution in [1.82, 2.24) is 10.4 Å². The number of aryl methyl sites for hydroxylation is 1. The predicted molar refractivity (Wildman–Crippen MR) is 95.4 cm³/mol. The number of para-hydroxylation sites is 1. The van der Waals surface area contributed by atoms with Crippen LogP contribution < -0.4 is 15.5 Å². The van der Waals surface area contributed by atoms with Crippen LogP contribution in [0.5, 0.6) is 5.75 Å². The molecule has 0 aliphatic heterocycles. The fraction of sp³-hybridized carbons (Fsp3) is 0.222. The average molecular weight is 340 g/mol. The molecule has 25 heavy (non-hydrogen) atoms. The van der Waals surface area contributed by atoms with Crippen molar-refractivity contribution in [2.75, 3.05) is 11.9 Å². The molecule has 0 atom stereocenters. The maximum absolute atomic E-state index is 11.9. The first-order valence-electron chi connectivity index (χ1n) is 7.75. The third-order valence-electron chi connectivity index (χ3n) is 3.19. The van der Waals surface area contributed by atoms with Crippen LogP contribution in [0.3, 0.4) is 0 Å². The van der Waals surface area contributed by atoms with Crippen LogP contribution in [0.1, 0.15) is 18.9 Å². The van der Waals surface area contributed by atoms with Crippen molar-refractivity contribution < 1.29 is 14.3 Å². The van der Waals surface area contributed by atoms with E-state index in [1.165, 1.54) is 0 Å². The van der Waals surface area contributed by atoms with Crippen LogP contribution in [0.2, 0.25) is 0 Å². The van der Waals surface area contributed by atoms with E-state index in [1.807, 2.05) is 25.1 Å². The molecule has 2 aromatic rings. The molecule has 1 aromatic heterocycles. The summed E-state index contributed by atoms with van der Waals surface area (Å²) in [4.78, 5) is 27.5. The van der Waals surface area contributed by atoms with E-state index in [4.69, 9.17) is 4.74 Å². The Morgan fingerprint density at radius 2 is 1.96 bits per heavy atom. The number of aromatic nitrogens is 1. The number of amides is 2. The Hall–Kier alpha value is -3.22. The zero-order valence-corrected chi connectivity index (χ0v) is 14.2. The van der Waals surface area contributed by atoms with Crippen LogP contribution in [-0.4, -0.2) is 29.1 Å². The number of hydrogen-bond donors (Lipinski definition) is 2. The van der Waals surface area contributed by atoms with Gasteiger partial charge in [-0.05, 0) is 37.6 Å².